The number of nitrogens with zero attached hydrogens (tertiary/aromatic N) is 2. The Balaban J connectivity index is 2.08. The van der Waals surface area contributed by atoms with Crippen LogP contribution in [0.5, 0.6) is 0 Å². The predicted molar refractivity (Wildman–Crippen MR) is 92.7 cm³/mol. The lowest BCUT2D eigenvalue weighted by atomic mass is 10.2. The summed E-state index contributed by atoms with van der Waals surface area (Å²) in [7, 11) is 0. The monoisotopic (exact) mass is 385 g/mol. The summed E-state index contributed by atoms with van der Waals surface area (Å²) < 4.78 is 6.05. The van der Waals surface area contributed by atoms with Crippen molar-refractivity contribution in [3.05, 3.63) is 22.3 Å². The van der Waals surface area contributed by atoms with Crippen LogP contribution in [0, 0.1) is 6.92 Å². The molecule has 0 bridgehead atoms. The van der Waals surface area contributed by atoms with Gasteiger partial charge < -0.3 is 20.1 Å². The minimum absolute atomic E-state index is 0.0140. The van der Waals surface area contributed by atoms with Crippen molar-refractivity contribution in [1.29, 1.82) is 0 Å². The zero-order valence-corrected chi connectivity index (χ0v) is 15.6. The Labute approximate surface area is 145 Å². The van der Waals surface area contributed by atoms with Crippen LogP contribution in [-0.2, 0) is 4.74 Å². The summed E-state index contributed by atoms with van der Waals surface area (Å²) >= 11 is 3.38. The first-order chi connectivity index (χ1) is 10.7. The maximum absolute atomic E-state index is 11.9. The fourth-order valence-electron chi connectivity index (χ4n) is 2.71. The summed E-state index contributed by atoms with van der Waals surface area (Å²) in [6.07, 6.45) is 0.226. The number of aliphatic hydroxyl groups is 1. The number of alkyl carbamates (subject to hydrolysis) is 1. The molecule has 1 fully saturated rings. The Kier molecular flexibility index (Phi) is 5.52. The van der Waals surface area contributed by atoms with Gasteiger partial charge in [-0.2, -0.15) is 0 Å². The number of anilines is 1. The number of halogens is 1. The number of aliphatic hydroxyl groups excluding tert-OH is 1. The number of carbonyl (C=O) groups is 1. The second-order valence-electron chi connectivity index (χ2n) is 6.84. The van der Waals surface area contributed by atoms with Gasteiger partial charge in [-0.1, -0.05) is 6.07 Å². The third kappa shape index (κ3) is 4.81. The zero-order chi connectivity index (χ0) is 17.2. The molecule has 2 atom stereocenters. The van der Waals surface area contributed by atoms with E-state index in [1.807, 2.05) is 44.7 Å². The van der Waals surface area contributed by atoms with Crippen molar-refractivity contribution in [3.63, 3.8) is 0 Å². The molecule has 2 heterocycles. The molecule has 2 N–H and O–H groups in total. The molecule has 0 aromatic carbocycles. The highest BCUT2D eigenvalue weighted by Crippen LogP contribution is 2.28. The molecule has 6 nitrogen and oxygen atoms in total. The van der Waals surface area contributed by atoms with E-state index in [2.05, 4.69) is 26.2 Å². The van der Waals surface area contributed by atoms with Crippen molar-refractivity contribution in [1.82, 2.24) is 10.3 Å². The van der Waals surface area contributed by atoms with Crippen LogP contribution < -0.4 is 10.2 Å². The second kappa shape index (κ2) is 7.05. The summed E-state index contributed by atoms with van der Waals surface area (Å²) in [5, 5.41) is 12.6. The van der Waals surface area contributed by atoms with Crippen molar-refractivity contribution >= 4 is 27.8 Å². The largest absolute Gasteiger partial charge is 0.444 e. The van der Waals surface area contributed by atoms with Crippen LogP contribution in [0.1, 0.15) is 32.8 Å². The lowest BCUT2D eigenvalue weighted by molar-refractivity contribution is 0.0507. The molecule has 1 unspecified atom stereocenters. The highest BCUT2D eigenvalue weighted by Gasteiger charge is 2.34. The molecule has 1 saturated heterocycles. The normalized spacial score (nSPS) is 21.4. The van der Waals surface area contributed by atoms with E-state index in [0.717, 1.165) is 16.0 Å². The van der Waals surface area contributed by atoms with Gasteiger partial charge in [0.15, 0.2) is 0 Å². The molecule has 1 aromatic heterocycles. The Morgan fingerprint density at radius 1 is 1.52 bits per heavy atom. The number of rotatable bonds is 3. The standard InChI is InChI=1S/C16H24BrN3O3/c1-10-5-6-13(17)19-14(10)20-8-11(7-12(20)9-21)18-15(22)23-16(2,3)4/h5-6,11-12,21H,7-9H2,1-4H3,(H,18,22)/t11?,12-/m0/s1. The van der Waals surface area contributed by atoms with Gasteiger partial charge >= 0.3 is 6.09 Å². The van der Waals surface area contributed by atoms with Gasteiger partial charge in [-0.3, -0.25) is 0 Å². The van der Waals surface area contributed by atoms with Crippen molar-refractivity contribution in [3.8, 4) is 0 Å². The van der Waals surface area contributed by atoms with E-state index in [-0.39, 0.29) is 18.7 Å². The molecule has 1 aliphatic heterocycles. The molecule has 7 heteroatoms. The predicted octanol–water partition coefficient (Wildman–Crippen LogP) is 2.62. The van der Waals surface area contributed by atoms with Crippen LogP contribution in [0.3, 0.4) is 0 Å². The van der Waals surface area contributed by atoms with Gasteiger partial charge in [0.2, 0.25) is 0 Å². The number of pyridine rings is 1. The van der Waals surface area contributed by atoms with E-state index in [9.17, 15) is 9.90 Å². The Bertz CT molecular complexity index is 574. The third-order valence-electron chi connectivity index (χ3n) is 3.65. The lowest BCUT2D eigenvalue weighted by Crippen LogP contribution is -2.40. The number of carbonyl (C=O) groups excluding carboxylic acids is 1. The number of nitrogens with one attached hydrogen (secondary N) is 1. The van der Waals surface area contributed by atoms with Gasteiger partial charge in [0.05, 0.1) is 18.7 Å². The molecule has 1 aliphatic rings. The molecule has 0 radical (unpaired) electrons. The molecular weight excluding hydrogens is 362 g/mol. The first-order valence-corrected chi connectivity index (χ1v) is 8.49. The van der Waals surface area contributed by atoms with E-state index in [4.69, 9.17) is 4.74 Å². The molecular formula is C16H24BrN3O3. The van der Waals surface area contributed by atoms with Crippen LogP contribution in [0.25, 0.3) is 0 Å². The highest BCUT2D eigenvalue weighted by molar-refractivity contribution is 9.10. The maximum Gasteiger partial charge on any atom is 0.407 e. The second-order valence-corrected chi connectivity index (χ2v) is 7.65. The molecule has 0 saturated carbocycles. The van der Waals surface area contributed by atoms with Gasteiger partial charge in [0.1, 0.15) is 16.0 Å². The van der Waals surface area contributed by atoms with Gasteiger partial charge in [-0.15, -0.1) is 0 Å². The third-order valence-corrected chi connectivity index (χ3v) is 4.10. The number of aryl methyl sites for hydroxylation is 1. The maximum atomic E-state index is 11.9. The molecule has 23 heavy (non-hydrogen) atoms. The number of ether oxygens (including phenoxy) is 1. The van der Waals surface area contributed by atoms with E-state index < -0.39 is 11.7 Å². The smallest absolute Gasteiger partial charge is 0.407 e. The average Bonchev–Trinajstić information content (AvgIpc) is 2.82. The summed E-state index contributed by atoms with van der Waals surface area (Å²) in [6.45, 7) is 8.09. The minimum atomic E-state index is -0.527. The van der Waals surface area contributed by atoms with Gasteiger partial charge in [0, 0.05) is 6.54 Å². The Morgan fingerprint density at radius 3 is 2.83 bits per heavy atom. The Morgan fingerprint density at radius 2 is 2.22 bits per heavy atom. The van der Waals surface area contributed by atoms with Crippen molar-refractivity contribution < 1.29 is 14.6 Å². The molecule has 0 aliphatic carbocycles. The molecule has 2 rings (SSSR count). The topological polar surface area (TPSA) is 74.7 Å². The number of hydrogen-bond donors (Lipinski definition) is 2. The SMILES string of the molecule is Cc1ccc(Br)nc1N1CC(NC(=O)OC(C)(C)C)C[C@H]1CO. The van der Waals surface area contributed by atoms with Crippen LogP contribution in [0.4, 0.5) is 10.6 Å². The van der Waals surface area contributed by atoms with E-state index in [1.54, 1.807) is 0 Å². The van der Waals surface area contributed by atoms with Crippen molar-refractivity contribution in [2.24, 2.45) is 0 Å². The first-order valence-electron chi connectivity index (χ1n) is 7.70. The molecule has 1 aromatic rings. The number of hydrogen-bond acceptors (Lipinski definition) is 5. The molecule has 1 amide bonds. The summed E-state index contributed by atoms with van der Waals surface area (Å²) in [5.74, 6) is 0.826. The first kappa shape index (κ1) is 18.0. The van der Waals surface area contributed by atoms with Gasteiger partial charge in [-0.25, -0.2) is 9.78 Å². The van der Waals surface area contributed by atoms with Crippen LogP contribution >= 0.6 is 15.9 Å². The minimum Gasteiger partial charge on any atom is -0.444 e. The highest BCUT2D eigenvalue weighted by atomic mass is 79.9. The van der Waals surface area contributed by atoms with E-state index in [0.29, 0.717) is 13.0 Å². The average molecular weight is 386 g/mol. The molecule has 128 valence electrons. The Hall–Kier alpha value is -1.34. The number of amides is 1. The quantitative estimate of drug-likeness (QED) is 0.782. The molecule has 0 spiro atoms. The van der Waals surface area contributed by atoms with Crippen LogP contribution in [0.15, 0.2) is 16.7 Å². The van der Waals surface area contributed by atoms with Crippen molar-refractivity contribution in [2.45, 2.75) is 51.8 Å². The number of aromatic nitrogens is 1. The van der Waals surface area contributed by atoms with Crippen LogP contribution in [-0.4, -0.2) is 47.0 Å². The summed E-state index contributed by atoms with van der Waals surface area (Å²) in [5.41, 5.74) is 0.505. The fourth-order valence-corrected chi connectivity index (χ4v) is 3.01. The summed E-state index contributed by atoms with van der Waals surface area (Å²) in [6, 6.07) is 3.71. The zero-order valence-electron chi connectivity index (χ0n) is 14.0. The fraction of sp³-hybridized carbons (Fsp3) is 0.625. The van der Waals surface area contributed by atoms with Gasteiger partial charge in [-0.05, 0) is 61.7 Å². The van der Waals surface area contributed by atoms with E-state index in [1.165, 1.54) is 0 Å². The van der Waals surface area contributed by atoms with E-state index >= 15 is 0 Å². The summed E-state index contributed by atoms with van der Waals surface area (Å²) in [4.78, 5) is 18.5. The van der Waals surface area contributed by atoms with Crippen molar-refractivity contribution in [2.75, 3.05) is 18.1 Å². The lowest BCUT2D eigenvalue weighted by Gasteiger charge is -2.25. The van der Waals surface area contributed by atoms with Crippen LogP contribution in [0.2, 0.25) is 0 Å². The van der Waals surface area contributed by atoms with Gasteiger partial charge in [0.25, 0.3) is 0 Å².